The van der Waals surface area contributed by atoms with E-state index >= 15 is 0 Å². The Balaban J connectivity index is 1.78. The Morgan fingerprint density at radius 3 is 2.19 bits per heavy atom. The molecule has 0 amide bonds. The Kier molecular flexibility index (Phi) is 4.57. The van der Waals surface area contributed by atoms with Gasteiger partial charge in [0.05, 0.1) is 0 Å². The van der Waals surface area contributed by atoms with Crippen molar-refractivity contribution in [3.63, 3.8) is 0 Å². The molecule has 1 nitrogen and oxygen atoms in total. The highest BCUT2D eigenvalue weighted by atomic mass is 79.9. The molecule has 116 valence electrons. The zero-order chi connectivity index (χ0) is 15.0. The number of halogens is 2. The lowest BCUT2D eigenvalue weighted by Crippen LogP contribution is -2.57. The molecule has 1 aromatic carbocycles. The highest BCUT2D eigenvalue weighted by molar-refractivity contribution is 9.10. The van der Waals surface area contributed by atoms with E-state index in [1.54, 1.807) is 0 Å². The summed E-state index contributed by atoms with van der Waals surface area (Å²) in [6.07, 6.45) is 9.10. The number of benzene rings is 1. The highest BCUT2D eigenvalue weighted by Gasteiger charge is 2.55. The quantitative estimate of drug-likeness (QED) is 0.565. The van der Waals surface area contributed by atoms with Gasteiger partial charge in [-0.3, -0.25) is 0 Å². The van der Waals surface area contributed by atoms with E-state index in [1.807, 2.05) is 0 Å². The van der Waals surface area contributed by atoms with Gasteiger partial charge in [0, 0.05) is 21.7 Å². The Bertz CT molecular complexity index is 497. The van der Waals surface area contributed by atoms with E-state index in [9.17, 15) is 0 Å². The first-order valence-corrected chi connectivity index (χ1v) is 9.33. The van der Waals surface area contributed by atoms with Gasteiger partial charge in [0.15, 0.2) is 0 Å². The third-order valence-electron chi connectivity index (χ3n) is 5.41. The Hall–Kier alpha value is -0.210. The van der Waals surface area contributed by atoms with Crippen molar-refractivity contribution in [2.45, 2.75) is 70.3 Å². The second-order valence-corrected chi connectivity index (χ2v) is 8.15. The fourth-order valence-electron chi connectivity index (χ4n) is 4.02. The Morgan fingerprint density at radius 2 is 1.67 bits per heavy atom. The van der Waals surface area contributed by atoms with E-state index in [1.165, 1.54) is 54.1 Å². The molecule has 0 bridgehead atoms. The molecule has 2 unspecified atom stereocenters. The maximum absolute atomic E-state index is 6.62. The van der Waals surface area contributed by atoms with Gasteiger partial charge >= 0.3 is 0 Å². The molecule has 2 aliphatic rings. The fourth-order valence-corrected chi connectivity index (χ4v) is 4.77. The summed E-state index contributed by atoms with van der Waals surface area (Å²) in [6.45, 7) is 4.24. The molecule has 3 rings (SSSR count). The maximum Gasteiger partial charge on any atom is 0.120 e. The Labute approximate surface area is 141 Å². The fraction of sp³-hybridized carbons (Fsp3) is 0.667. The molecule has 1 spiro atoms. The highest BCUT2D eigenvalue weighted by Crippen LogP contribution is 2.55. The topological polar surface area (TPSA) is 9.23 Å². The number of hydrogen-bond acceptors (Lipinski definition) is 1. The predicted octanol–water partition coefficient (Wildman–Crippen LogP) is 6.17. The molecule has 1 aromatic rings. The monoisotopic (exact) mass is 370 g/mol. The number of aryl methyl sites for hydroxylation is 2. The van der Waals surface area contributed by atoms with Crippen LogP contribution in [0.5, 0.6) is 5.75 Å². The minimum atomic E-state index is 0.229. The van der Waals surface area contributed by atoms with E-state index < -0.39 is 0 Å². The SMILES string of the molecule is Cc1cc(OC2CC(Cl)C23CCCCCC3)cc(C)c1Br. The van der Waals surface area contributed by atoms with Crippen LogP contribution in [0.3, 0.4) is 0 Å². The molecule has 0 saturated heterocycles. The molecule has 0 aliphatic heterocycles. The van der Waals surface area contributed by atoms with Gasteiger partial charge in [-0.05, 0) is 49.9 Å². The van der Waals surface area contributed by atoms with Crippen LogP contribution in [0.25, 0.3) is 0 Å². The average molecular weight is 372 g/mol. The minimum absolute atomic E-state index is 0.229. The molecule has 0 radical (unpaired) electrons. The first-order valence-electron chi connectivity index (χ1n) is 8.10. The zero-order valence-corrected chi connectivity index (χ0v) is 15.3. The van der Waals surface area contributed by atoms with Crippen LogP contribution in [0, 0.1) is 19.3 Å². The molecular formula is C18H24BrClO. The van der Waals surface area contributed by atoms with E-state index in [-0.39, 0.29) is 5.41 Å². The number of rotatable bonds is 2. The molecule has 2 atom stereocenters. The van der Waals surface area contributed by atoms with Crippen LogP contribution in [-0.4, -0.2) is 11.5 Å². The number of hydrogen-bond donors (Lipinski definition) is 0. The lowest BCUT2D eigenvalue weighted by atomic mass is 9.61. The smallest absolute Gasteiger partial charge is 0.120 e. The number of alkyl halides is 1. The molecular weight excluding hydrogens is 348 g/mol. The van der Waals surface area contributed by atoms with Gasteiger partial charge in [0.1, 0.15) is 11.9 Å². The molecule has 0 N–H and O–H groups in total. The summed E-state index contributed by atoms with van der Waals surface area (Å²) >= 11 is 10.2. The van der Waals surface area contributed by atoms with Gasteiger partial charge in [-0.1, -0.05) is 41.6 Å². The van der Waals surface area contributed by atoms with Crippen LogP contribution in [0.2, 0.25) is 0 Å². The van der Waals surface area contributed by atoms with Gasteiger partial charge in [-0.25, -0.2) is 0 Å². The predicted molar refractivity (Wildman–Crippen MR) is 92.4 cm³/mol. The summed E-state index contributed by atoms with van der Waals surface area (Å²) in [5.41, 5.74) is 2.70. The van der Waals surface area contributed by atoms with E-state index in [0.717, 1.165) is 12.2 Å². The van der Waals surface area contributed by atoms with Crippen LogP contribution >= 0.6 is 27.5 Å². The first-order chi connectivity index (χ1) is 10.0. The van der Waals surface area contributed by atoms with Crippen molar-refractivity contribution in [2.24, 2.45) is 5.41 Å². The van der Waals surface area contributed by atoms with E-state index in [2.05, 4.69) is 41.9 Å². The summed E-state index contributed by atoms with van der Waals surface area (Å²) in [6, 6.07) is 4.28. The molecule has 2 aliphatic carbocycles. The normalized spacial score (nSPS) is 28.0. The maximum atomic E-state index is 6.62. The van der Waals surface area contributed by atoms with Crippen molar-refractivity contribution in [1.29, 1.82) is 0 Å². The molecule has 2 saturated carbocycles. The van der Waals surface area contributed by atoms with Crippen molar-refractivity contribution in [2.75, 3.05) is 0 Å². The minimum Gasteiger partial charge on any atom is -0.490 e. The van der Waals surface area contributed by atoms with Crippen LogP contribution in [0.15, 0.2) is 16.6 Å². The molecule has 0 heterocycles. The number of ether oxygens (including phenoxy) is 1. The standard InChI is InChI=1S/C18H24BrClO/c1-12-9-14(10-13(2)17(12)19)21-16-11-15(20)18(16)7-5-3-4-6-8-18/h9-10,15-16H,3-8,11H2,1-2H3. The second-order valence-electron chi connectivity index (χ2n) is 6.83. The average Bonchev–Trinajstić information content (AvgIpc) is 2.72. The zero-order valence-electron chi connectivity index (χ0n) is 12.9. The van der Waals surface area contributed by atoms with E-state index in [0.29, 0.717) is 11.5 Å². The van der Waals surface area contributed by atoms with Crippen molar-refractivity contribution in [3.05, 3.63) is 27.7 Å². The molecule has 0 aromatic heterocycles. The van der Waals surface area contributed by atoms with Crippen molar-refractivity contribution in [1.82, 2.24) is 0 Å². The van der Waals surface area contributed by atoms with Crippen LogP contribution in [0.1, 0.15) is 56.1 Å². The van der Waals surface area contributed by atoms with Gasteiger partial charge in [-0.15, -0.1) is 11.6 Å². The van der Waals surface area contributed by atoms with Gasteiger partial charge in [-0.2, -0.15) is 0 Å². The van der Waals surface area contributed by atoms with Gasteiger partial charge < -0.3 is 4.74 Å². The Morgan fingerprint density at radius 1 is 1.10 bits per heavy atom. The van der Waals surface area contributed by atoms with Crippen molar-refractivity contribution in [3.8, 4) is 5.75 Å². The first kappa shape index (κ1) is 15.7. The van der Waals surface area contributed by atoms with Gasteiger partial charge in [0.25, 0.3) is 0 Å². The van der Waals surface area contributed by atoms with Crippen LogP contribution in [0.4, 0.5) is 0 Å². The summed E-state index contributed by atoms with van der Waals surface area (Å²) < 4.78 is 7.56. The summed E-state index contributed by atoms with van der Waals surface area (Å²) in [4.78, 5) is 0. The second kappa shape index (κ2) is 6.12. The third-order valence-corrected chi connectivity index (χ3v) is 7.27. The molecule has 2 fully saturated rings. The van der Waals surface area contributed by atoms with Crippen molar-refractivity contribution < 1.29 is 4.74 Å². The summed E-state index contributed by atoms with van der Waals surface area (Å²) in [5, 5.41) is 0.304. The summed E-state index contributed by atoms with van der Waals surface area (Å²) in [7, 11) is 0. The van der Waals surface area contributed by atoms with E-state index in [4.69, 9.17) is 16.3 Å². The van der Waals surface area contributed by atoms with Crippen molar-refractivity contribution >= 4 is 27.5 Å². The largest absolute Gasteiger partial charge is 0.490 e. The van der Waals surface area contributed by atoms with Crippen LogP contribution in [-0.2, 0) is 0 Å². The molecule has 21 heavy (non-hydrogen) atoms. The lowest BCUT2D eigenvalue weighted by Gasteiger charge is -2.53. The summed E-state index contributed by atoms with van der Waals surface area (Å²) in [5.74, 6) is 1.00. The lowest BCUT2D eigenvalue weighted by molar-refractivity contribution is -0.0513. The molecule has 3 heteroatoms. The van der Waals surface area contributed by atoms with Gasteiger partial charge in [0.2, 0.25) is 0 Å². The van der Waals surface area contributed by atoms with Crippen LogP contribution < -0.4 is 4.74 Å². The third kappa shape index (κ3) is 2.86.